The van der Waals surface area contributed by atoms with E-state index in [-0.39, 0.29) is 11.4 Å². The van der Waals surface area contributed by atoms with Crippen molar-refractivity contribution in [2.24, 2.45) is 7.05 Å². The molecule has 2 N–H and O–H groups in total. The Morgan fingerprint density at radius 1 is 1.18 bits per heavy atom. The number of hydrogen-bond donors (Lipinski definition) is 1. The Morgan fingerprint density at radius 2 is 1.82 bits per heavy atom. The summed E-state index contributed by atoms with van der Waals surface area (Å²) in [5, 5.41) is 0. The van der Waals surface area contributed by atoms with Gasteiger partial charge >= 0.3 is 0 Å². The molecule has 2 rings (SSSR count). The van der Waals surface area contributed by atoms with Crippen LogP contribution in [-0.4, -0.2) is 4.57 Å². The molecule has 0 radical (unpaired) electrons. The number of aromatic nitrogens is 1. The molecule has 2 aromatic rings. The maximum atomic E-state index is 13.8. The quantitative estimate of drug-likeness (QED) is 0.765. The lowest BCUT2D eigenvalue weighted by atomic mass is 10.0. The van der Waals surface area contributed by atoms with Crippen LogP contribution in [0.3, 0.4) is 0 Å². The molecule has 0 spiro atoms. The maximum absolute atomic E-state index is 13.8. The molecule has 0 aliphatic carbocycles. The van der Waals surface area contributed by atoms with Crippen LogP contribution >= 0.6 is 0 Å². The Hall–Kier alpha value is -2.10. The Morgan fingerprint density at radius 3 is 2.47 bits per heavy atom. The summed E-state index contributed by atoms with van der Waals surface area (Å²) in [6, 6.07) is 7.60. The molecule has 17 heavy (non-hydrogen) atoms. The smallest absolute Gasteiger partial charge is 0.250 e. The summed E-state index contributed by atoms with van der Waals surface area (Å²) < 4.78 is 15.3. The Labute approximate surface area is 98.3 Å². The van der Waals surface area contributed by atoms with E-state index in [0.717, 1.165) is 5.69 Å². The van der Waals surface area contributed by atoms with Gasteiger partial charge in [-0.2, -0.15) is 0 Å². The number of anilines is 1. The van der Waals surface area contributed by atoms with Crippen LogP contribution < -0.4 is 11.3 Å². The third-order valence-electron chi connectivity index (χ3n) is 2.90. The summed E-state index contributed by atoms with van der Waals surface area (Å²) in [6.45, 7) is 1.78. The van der Waals surface area contributed by atoms with Gasteiger partial charge < -0.3 is 10.3 Å². The van der Waals surface area contributed by atoms with E-state index in [1.807, 2.05) is 0 Å². The van der Waals surface area contributed by atoms with Crippen LogP contribution in [0.15, 0.2) is 35.1 Å². The number of nitrogens with zero attached hydrogens (tertiary/aromatic N) is 1. The molecule has 0 amide bonds. The predicted molar refractivity (Wildman–Crippen MR) is 66.2 cm³/mol. The Balaban J connectivity index is 2.69. The summed E-state index contributed by atoms with van der Waals surface area (Å²) in [5.74, 6) is -0.383. The molecule has 0 fully saturated rings. The zero-order valence-electron chi connectivity index (χ0n) is 9.70. The van der Waals surface area contributed by atoms with Gasteiger partial charge in [-0.25, -0.2) is 4.39 Å². The van der Waals surface area contributed by atoms with Gasteiger partial charge in [0.25, 0.3) is 0 Å². The topological polar surface area (TPSA) is 48.0 Å². The summed E-state index contributed by atoms with van der Waals surface area (Å²) in [4.78, 5) is 11.4. The van der Waals surface area contributed by atoms with Crippen LogP contribution in [0.2, 0.25) is 0 Å². The SMILES string of the molecule is Cc1c(-c2ccc(N)cc2F)ccc(=O)n1C. The highest BCUT2D eigenvalue weighted by Gasteiger charge is 2.10. The van der Waals surface area contributed by atoms with Crippen LogP contribution in [0.25, 0.3) is 11.1 Å². The van der Waals surface area contributed by atoms with E-state index in [1.54, 1.807) is 32.2 Å². The third kappa shape index (κ3) is 1.93. The fourth-order valence-electron chi connectivity index (χ4n) is 1.77. The molecular formula is C13H13FN2O. The molecule has 0 saturated heterocycles. The fourth-order valence-corrected chi connectivity index (χ4v) is 1.77. The van der Waals surface area contributed by atoms with Gasteiger partial charge in [0.15, 0.2) is 0 Å². The summed E-state index contributed by atoms with van der Waals surface area (Å²) >= 11 is 0. The van der Waals surface area contributed by atoms with E-state index in [4.69, 9.17) is 5.73 Å². The molecule has 0 bridgehead atoms. The largest absolute Gasteiger partial charge is 0.399 e. The normalized spacial score (nSPS) is 10.5. The van der Waals surface area contributed by atoms with Gasteiger partial charge in [-0.3, -0.25) is 4.79 Å². The van der Waals surface area contributed by atoms with Crippen molar-refractivity contribution in [3.8, 4) is 11.1 Å². The molecule has 88 valence electrons. The number of benzene rings is 1. The fraction of sp³-hybridized carbons (Fsp3) is 0.154. The number of halogens is 1. The van der Waals surface area contributed by atoms with E-state index >= 15 is 0 Å². The highest BCUT2D eigenvalue weighted by atomic mass is 19.1. The molecule has 0 aliphatic heterocycles. The van der Waals surface area contributed by atoms with Gasteiger partial charge in [-0.1, -0.05) is 0 Å². The molecule has 0 atom stereocenters. The molecular weight excluding hydrogens is 219 g/mol. The lowest BCUT2D eigenvalue weighted by Crippen LogP contribution is -2.18. The van der Waals surface area contributed by atoms with Crippen LogP contribution in [-0.2, 0) is 7.05 Å². The van der Waals surface area contributed by atoms with Crippen molar-refractivity contribution in [3.05, 3.63) is 52.2 Å². The molecule has 1 aromatic carbocycles. The summed E-state index contributed by atoms with van der Waals surface area (Å²) in [6.07, 6.45) is 0. The minimum Gasteiger partial charge on any atom is -0.399 e. The van der Waals surface area contributed by atoms with Gasteiger partial charge in [-0.05, 0) is 31.2 Å². The van der Waals surface area contributed by atoms with Gasteiger partial charge in [0, 0.05) is 35.6 Å². The van der Waals surface area contributed by atoms with Crippen LogP contribution in [0, 0.1) is 12.7 Å². The minimum atomic E-state index is -0.383. The first-order chi connectivity index (χ1) is 8.00. The average molecular weight is 232 g/mol. The van der Waals surface area contributed by atoms with Gasteiger partial charge in [0.1, 0.15) is 5.82 Å². The van der Waals surface area contributed by atoms with Gasteiger partial charge in [0.2, 0.25) is 5.56 Å². The van der Waals surface area contributed by atoms with E-state index in [1.165, 1.54) is 16.7 Å². The number of pyridine rings is 1. The van der Waals surface area contributed by atoms with Crippen molar-refractivity contribution in [1.82, 2.24) is 4.57 Å². The molecule has 0 aliphatic rings. The summed E-state index contributed by atoms with van der Waals surface area (Å²) in [7, 11) is 1.66. The van der Waals surface area contributed by atoms with Crippen molar-refractivity contribution in [1.29, 1.82) is 0 Å². The van der Waals surface area contributed by atoms with Crippen molar-refractivity contribution in [2.75, 3.05) is 5.73 Å². The van der Waals surface area contributed by atoms with Crippen molar-refractivity contribution < 1.29 is 4.39 Å². The van der Waals surface area contributed by atoms with Gasteiger partial charge in [-0.15, -0.1) is 0 Å². The van der Waals surface area contributed by atoms with Crippen LogP contribution in [0.4, 0.5) is 10.1 Å². The van der Waals surface area contributed by atoms with Crippen LogP contribution in [0.5, 0.6) is 0 Å². The molecule has 0 saturated carbocycles. The second kappa shape index (κ2) is 4.05. The van der Waals surface area contributed by atoms with E-state index in [0.29, 0.717) is 16.8 Å². The standard InChI is InChI=1S/C13H13FN2O/c1-8-10(5-6-13(17)16(8)2)11-4-3-9(15)7-12(11)14/h3-7H,15H2,1-2H3. The van der Waals surface area contributed by atoms with Crippen molar-refractivity contribution >= 4 is 5.69 Å². The number of hydrogen-bond acceptors (Lipinski definition) is 2. The van der Waals surface area contributed by atoms with Crippen molar-refractivity contribution in [2.45, 2.75) is 6.92 Å². The average Bonchev–Trinajstić information content (AvgIpc) is 2.28. The Kier molecular flexibility index (Phi) is 2.71. The molecule has 4 heteroatoms. The molecule has 1 heterocycles. The Bertz CT molecular complexity index is 632. The monoisotopic (exact) mass is 232 g/mol. The van der Waals surface area contributed by atoms with Crippen LogP contribution in [0.1, 0.15) is 5.69 Å². The second-order valence-corrected chi connectivity index (χ2v) is 3.97. The van der Waals surface area contributed by atoms with E-state index < -0.39 is 0 Å². The first kappa shape index (κ1) is 11.4. The van der Waals surface area contributed by atoms with E-state index in [2.05, 4.69) is 0 Å². The molecule has 3 nitrogen and oxygen atoms in total. The minimum absolute atomic E-state index is 0.109. The zero-order valence-corrected chi connectivity index (χ0v) is 9.70. The van der Waals surface area contributed by atoms with Crippen molar-refractivity contribution in [3.63, 3.8) is 0 Å². The second-order valence-electron chi connectivity index (χ2n) is 3.97. The van der Waals surface area contributed by atoms with Gasteiger partial charge in [0.05, 0.1) is 0 Å². The predicted octanol–water partition coefficient (Wildman–Crippen LogP) is 2.08. The lowest BCUT2D eigenvalue weighted by molar-refractivity contribution is 0.631. The lowest BCUT2D eigenvalue weighted by Gasteiger charge is -2.11. The first-order valence-electron chi connectivity index (χ1n) is 5.22. The molecule has 0 unspecified atom stereocenters. The third-order valence-corrected chi connectivity index (χ3v) is 2.90. The number of rotatable bonds is 1. The first-order valence-corrected chi connectivity index (χ1v) is 5.22. The highest BCUT2D eigenvalue weighted by molar-refractivity contribution is 5.68. The number of nitrogen functional groups attached to an aromatic ring is 1. The summed E-state index contributed by atoms with van der Waals surface area (Å²) in [5.41, 5.74) is 7.65. The maximum Gasteiger partial charge on any atom is 0.250 e. The highest BCUT2D eigenvalue weighted by Crippen LogP contribution is 2.26. The number of nitrogens with two attached hydrogens (primary N) is 1. The molecule has 1 aromatic heterocycles. The van der Waals surface area contributed by atoms with E-state index in [9.17, 15) is 9.18 Å². The zero-order chi connectivity index (χ0) is 12.6.